The van der Waals surface area contributed by atoms with Gasteiger partial charge in [-0.15, -0.1) is 0 Å². The van der Waals surface area contributed by atoms with Crippen LogP contribution >= 0.6 is 0 Å². The summed E-state index contributed by atoms with van der Waals surface area (Å²) in [5, 5.41) is 3.28. The molecule has 2 N–H and O–H groups in total. The summed E-state index contributed by atoms with van der Waals surface area (Å²) < 4.78 is 27.0. The van der Waals surface area contributed by atoms with Crippen molar-refractivity contribution >= 4 is 15.9 Å². The molecule has 0 unspecified atom stereocenters. The van der Waals surface area contributed by atoms with Crippen LogP contribution in [0.4, 0.5) is 5.69 Å². The van der Waals surface area contributed by atoms with Crippen LogP contribution < -0.4 is 10.0 Å². The van der Waals surface area contributed by atoms with Gasteiger partial charge in [0.05, 0.1) is 5.69 Å². The van der Waals surface area contributed by atoms with Gasteiger partial charge < -0.3 is 5.32 Å². The fourth-order valence-corrected chi connectivity index (χ4v) is 2.00. The summed E-state index contributed by atoms with van der Waals surface area (Å²) in [7, 11) is -0.440. The Morgan fingerprint density at radius 1 is 1.28 bits per heavy atom. The first-order valence-corrected chi connectivity index (χ1v) is 7.39. The van der Waals surface area contributed by atoms with E-state index in [4.69, 9.17) is 0 Å². The third-order valence-electron chi connectivity index (χ3n) is 2.41. The topological polar surface area (TPSA) is 61.4 Å². The average Bonchev–Trinajstić information content (AvgIpc) is 2.29. The Morgan fingerprint density at radius 2 is 2.00 bits per heavy atom. The largest absolute Gasteiger partial charge is 0.313 e. The van der Waals surface area contributed by atoms with Crippen LogP contribution in [-0.4, -0.2) is 33.4 Å². The molecule has 0 aliphatic rings. The molecule has 0 atom stereocenters. The summed E-state index contributed by atoms with van der Waals surface area (Å²) in [5.74, 6) is 0. The number of hydrogen-bond acceptors (Lipinski definition) is 3. The summed E-state index contributed by atoms with van der Waals surface area (Å²) >= 11 is 0. The van der Waals surface area contributed by atoms with Crippen LogP contribution in [0.5, 0.6) is 0 Å². The van der Waals surface area contributed by atoms with E-state index in [1.54, 1.807) is 6.07 Å². The van der Waals surface area contributed by atoms with E-state index < -0.39 is 10.2 Å². The maximum absolute atomic E-state index is 11.7. The Hall–Kier alpha value is -1.11. The lowest BCUT2D eigenvalue weighted by atomic mass is 10.2. The van der Waals surface area contributed by atoms with Gasteiger partial charge in [0.15, 0.2) is 0 Å². The van der Waals surface area contributed by atoms with E-state index in [-0.39, 0.29) is 0 Å². The van der Waals surface area contributed by atoms with Gasteiger partial charge in [-0.1, -0.05) is 19.1 Å². The highest BCUT2D eigenvalue weighted by molar-refractivity contribution is 7.90. The molecule has 0 spiro atoms. The first kappa shape index (κ1) is 14.9. The van der Waals surface area contributed by atoms with E-state index in [0.29, 0.717) is 5.69 Å². The Kier molecular flexibility index (Phi) is 5.58. The Balaban J connectivity index is 2.71. The van der Waals surface area contributed by atoms with E-state index in [1.165, 1.54) is 14.1 Å². The SMILES string of the molecule is CCCNCc1cccc(NS(=O)(=O)N(C)C)c1. The van der Waals surface area contributed by atoms with Gasteiger partial charge in [0.1, 0.15) is 0 Å². The maximum Gasteiger partial charge on any atom is 0.301 e. The van der Waals surface area contributed by atoms with Crippen LogP contribution in [0, 0.1) is 0 Å². The van der Waals surface area contributed by atoms with Gasteiger partial charge in [0.25, 0.3) is 0 Å². The zero-order valence-electron chi connectivity index (χ0n) is 11.1. The molecule has 0 bridgehead atoms. The second kappa shape index (κ2) is 6.72. The molecule has 1 aromatic carbocycles. The first-order chi connectivity index (χ1) is 8.45. The van der Waals surface area contributed by atoms with Crippen LogP contribution in [0.3, 0.4) is 0 Å². The van der Waals surface area contributed by atoms with Gasteiger partial charge in [0.2, 0.25) is 0 Å². The van der Waals surface area contributed by atoms with Crippen molar-refractivity contribution in [3.05, 3.63) is 29.8 Å². The van der Waals surface area contributed by atoms with Crippen LogP contribution in [0.2, 0.25) is 0 Å². The smallest absolute Gasteiger partial charge is 0.301 e. The zero-order chi connectivity index (χ0) is 13.6. The van der Waals surface area contributed by atoms with Crippen LogP contribution in [0.1, 0.15) is 18.9 Å². The maximum atomic E-state index is 11.7. The standard InChI is InChI=1S/C12H21N3O2S/c1-4-8-13-10-11-6-5-7-12(9-11)14-18(16,17)15(2)3/h5-7,9,13-14H,4,8,10H2,1-3H3. The Morgan fingerprint density at radius 3 is 2.61 bits per heavy atom. The number of nitrogens with zero attached hydrogens (tertiary/aromatic N) is 1. The normalized spacial score (nSPS) is 11.8. The van der Waals surface area contributed by atoms with Crippen LogP contribution in [0.15, 0.2) is 24.3 Å². The van der Waals surface area contributed by atoms with Crippen molar-refractivity contribution in [2.24, 2.45) is 0 Å². The number of rotatable bonds is 7. The molecule has 1 aromatic rings. The van der Waals surface area contributed by atoms with Crippen molar-refractivity contribution in [2.45, 2.75) is 19.9 Å². The molecule has 0 aliphatic heterocycles. The minimum atomic E-state index is -3.43. The highest BCUT2D eigenvalue weighted by atomic mass is 32.2. The highest BCUT2D eigenvalue weighted by Gasteiger charge is 2.12. The van der Waals surface area contributed by atoms with E-state index in [2.05, 4.69) is 17.0 Å². The molecular formula is C12H21N3O2S. The third kappa shape index (κ3) is 4.64. The third-order valence-corrected chi connectivity index (χ3v) is 3.87. The lowest BCUT2D eigenvalue weighted by molar-refractivity contribution is 0.527. The van der Waals surface area contributed by atoms with Gasteiger partial charge in [-0.25, -0.2) is 0 Å². The molecule has 1 rings (SSSR count). The van der Waals surface area contributed by atoms with Crippen molar-refractivity contribution in [1.82, 2.24) is 9.62 Å². The number of benzene rings is 1. The summed E-state index contributed by atoms with van der Waals surface area (Å²) in [6, 6.07) is 7.39. The number of nitrogens with one attached hydrogen (secondary N) is 2. The molecule has 0 radical (unpaired) electrons. The lowest BCUT2D eigenvalue weighted by Gasteiger charge is -2.14. The summed E-state index contributed by atoms with van der Waals surface area (Å²) in [6.07, 6.45) is 1.08. The van der Waals surface area contributed by atoms with E-state index in [0.717, 1.165) is 29.4 Å². The zero-order valence-corrected chi connectivity index (χ0v) is 11.9. The summed E-state index contributed by atoms with van der Waals surface area (Å²) in [4.78, 5) is 0. The Labute approximate surface area is 109 Å². The van der Waals surface area contributed by atoms with Crippen molar-refractivity contribution < 1.29 is 8.42 Å². The monoisotopic (exact) mass is 271 g/mol. The molecule has 0 fully saturated rings. The molecule has 0 amide bonds. The van der Waals surface area contributed by atoms with Crippen molar-refractivity contribution in [2.75, 3.05) is 25.4 Å². The fourth-order valence-electron chi connectivity index (χ4n) is 1.39. The minimum Gasteiger partial charge on any atom is -0.313 e. The molecular weight excluding hydrogens is 250 g/mol. The molecule has 6 heteroatoms. The number of anilines is 1. The fraction of sp³-hybridized carbons (Fsp3) is 0.500. The molecule has 0 saturated carbocycles. The Bertz CT molecular complexity index is 472. The van der Waals surface area contributed by atoms with Gasteiger partial charge in [-0.05, 0) is 30.7 Å². The summed E-state index contributed by atoms with van der Waals surface area (Å²) in [5.41, 5.74) is 1.64. The number of hydrogen-bond donors (Lipinski definition) is 2. The van der Waals surface area contributed by atoms with Gasteiger partial charge in [-0.2, -0.15) is 12.7 Å². The van der Waals surface area contributed by atoms with E-state index in [9.17, 15) is 8.42 Å². The van der Waals surface area contributed by atoms with Gasteiger partial charge >= 0.3 is 10.2 Å². The van der Waals surface area contributed by atoms with Crippen molar-refractivity contribution in [1.29, 1.82) is 0 Å². The summed E-state index contributed by atoms with van der Waals surface area (Å²) in [6.45, 7) is 3.80. The van der Waals surface area contributed by atoms with Crippen molar-refractivity contribution in [3.63, 3.8) is 0 Å². The lowest BCUT2D eigenvalue weighted by Crippen LogP contribution is -2.29. The first-order valence-electron chi connectivity index (χ1n) is 5.95. The molecule has 102 valence electrons. The van der Waals surface area contributed by atoms with Crippen molar-refractivity contribution in [3.8, 4) is 0 Å². The van der Waals surface area contributed by atoms with Gasteiger partial charge in [-0.3, -0.25) is 4.72 Å². The highest BCUT2D eigenvalue weighted by Crippen LogP contribution is 2.13. The molecule has 18 heavy (non-hydrogen) atoms. The van der Waals surface area contributed by atoms with Gasteiger partial charge in [0, 0.05) is 20.6 Å². The molecule has 0 saturated heterocycles. The molecule has 0 aromatic heterocycles. The quantitative estimate of drug-likeness (QED) is 0.737. The second-order valence-corrected chi connectivity index (χ2v) is 6.15. The molecule has 5 nitrogen and oxygen atoms in total. The average molecular weight is 271 g/mol. The van der Waals surface area contributed by atoms with E-state index in [1.807, 2.05) is 18.2 Å². The van der Waals surface area contributed by atoms with E-state index >= 15 is 0 Å². The predicted octanol–water partition coefficient (Wildman–Crippen LogP) is 1.40. The van der Waals surface area contributed by atoms with Crippen LogP contribution in [-0.2, 0) is 16.8 Å². The second-order valence-electron chi connectivity index (χ2n) is 4.27. The predicted molar refractivity (Wildman–Crippen MR) is 74.7 cm³/mol. The molecule has 0 aliphatic carbocycles. The minimum absolute atomic E-state index is 0.583. The van der Waals surface area contributed by atoms with Crippen LogP contribution in [0.25, 0.3) is 0 Å². The molecule has 0 heterocycles.